The molecule has 100 valence electrons. The topological polar surface area (TPSA) is 34.1 Å². The number of thioether (sulfide) groups is 1. The van der Waals surface area contributed by atoms with Crippen molar-refractivity contribution in [3.63, 3.8) is 0 Å². The fourth-order valence-electron chi connectivity index (χ4n) is 1.82. The Morgan fingerprint density at radius 1 is 1.21 bits per heavy atom. The molecule has 0 saturated carbocycles. The molecular weight excluding hydrogens is 256 g/mol. The van der Waals surface area contributed by atoms with Gasteiger partial charge in [0.15, 0.2) is 0 Å². The van der Waals surface area contributed by atoms with Gasteiger partial charge in [-0.3, -0.25) is 0 Å². The molecule has 0 spiro atoms. The van der Waals surface area contributed by atoms with Crippen molar-refractivity contribution in [2.45, 2.75) is 4.90 Å². The molecule has 1 aromatic carbocycles. The first-order valence-corrected chi connectivity index (χ1v) is 7.40. The summed E-state index contributed by atoms with van der Waals surface area (Å²) in [5, 5.41) is 3.21. The molecule has 0 fully saturated rings. The van der Waals surface area contributed by atoms with Crippen LogP contribution in [-0.2, 0) is 4.74 Å². The third kappa shape index (κ3) is 3.72. The van der Waals surface area contributed by atoms with E-state index in [4.69, 9.17) is 4.74 Å². The number of benzene rings is 1. The SMILES string of the molecule is COCCNc1ccc(-c2ccccc2SC)cn1. The van der Waals surface area contributed by atoms with Gasteiger partial charge in [-0.15, -0.1) is 11.8 Å². The van der Waals surface area contributed by atoms with Crippen LogP contribution in [0.2, 0.25) is 0 Å². The maximum absolute atomic E-state index is 4.99. The van der Waals surface area contributed by atoms with Gasteiger partial charge in [0.25, 0.3) is 0 Å². The first-order chi connectivity index (χ1) is 9.35. The zero-order valence-corrected chi connectivity index (χ0v) is 12.0. The van der Waals surface area contributed by atoms with E-state index >= 15 is 0 Å². The fourth-order valence-corrected chi connectivity index (χ4v) is 2.44. The molecule has 0 bridgehead atoms. The number of rotatable bonds is 6. The van der Waals surface area contributed by atoms with Gasteiger partial charge in [0.1, 0.15) is 5.82 Å². The number of nitrogens with zero attached hydrogens (tertiary/aromatic N) is 1. The van der Waals surface area contributed by atoms with Crippen LogP contribution in [0.5, 0.6) is 0 Å². The van der Waals surface area contributed by atoms with Crippen molar-refractivity contribution in [1.29, 1.82) is 0 Å². The highest BCUT2D eigenvalue weighted by atomic mass is 32.2. The van der Waals surface area contributed by atoms with Crippen LogP contribution in [0.4, 0.5) is 5.82 Å². The highest BCUT2D eigenvalue weighted by Gasteiger charge is 2.04. The van der Waals surface area contributed by atoms with Gasteiger partial charge < -0.3 is 10.1 Å². The first kappa shape index (κ1) is 13.9. The van der Waals surface area contributed by atoms with Crippen molar-refractivity contribution < 1.29 is 4.74 Å². The number of hydrogen-bond acceptors (Lipinski definition) is 4. The molecule has 0 aliphatic rings. The minimum absolute atomic E-state index is 0.679. The summed E-state index contributed by atoms with van der Waals surface area (Å²) in [7, 11) is 1.69. The Morgan fingerprint density at radius 3 is 2.74 bits per heavy atom. The molecule has 4 heteroatoms. The Bertz CT molecular complexity index is 514. The van der Waals surface area contributed by atoms with Gasteiger partial charge in [-0.25, -0.2) is 4.98 Å². The predicted octanol–water partition coefficient (Wildman–Crippen LogP) is 3.53. The Balaban J connectivity index is 2.13. The van der Waals surface area contributed by atoms with Crippen molar-refractivity contribution in [2.75, 3.05) is 31.8 Å². The lowest BCUT2D eigenvalue weighted by Gasteiger charge is -2.08. The van der Waals surface area contributed by atoms with Crippen molar-refractivity contribution >= 4 is 17.6 Å². The highest BCUT2D eigenvalue weighted by Crippen LogP contribution is 2.29. The molecule has 1 N–H and O–H groups in total. The molecule has 1 aromatic heterocycles. The molecule has 0 unspecified atom stereocenters. The van der Waals surface area contributed by atoms with Crippen LogP contribution in [0.25, 0.3) is 11.1 Å². The Morgan fingerprint density at radius 2 is 2.05 bits per heavy atom. The molecule has 0 amide bonds. The minimum atomic E-state index is 0.679. The van der Waals surface area contributed by atoms with Gasteiger partial charge in [-0.1, -0.05) is 18.2 Å². The quantitative estimate of drug-likeness (QED) is 0.645. The first-order valence-electron chi connectivity index (χ1n) is 6.17. The lowest BCUT2D eigenvalue weighted by molar-refractivity contribution is 0.210. The van der Waals surface area contributed by atoms with Crippen LogP contribution >= 0.6 is 11.8 Å². The molecule has 0 saturated heterocycles. The number of hydrogen-bond donors (Lipinski definition) is 1. The van der Waals surface area contributed by atoms with E-state index in [9.17, 15) is 0 Å². The highest BCUT2D eigenvalue weighted by molar-refractivity contribution is 7.98. The summed E-state index contributed by atoms with van der Waals surface area (Å²) in [6.45, 7) is 1.45. The molecule has 3 nitrogen and oxygen atoms in total. The third-order valence-corrected chi connectivity index (χ3v) is 3.59. The zero-order chi connectivity index (χ0) is 13.5. The molecule has 0 aliphatic carbocycles. The standard InChI is InChI=1S/C15H18N2OS/c1-18-10-9-16-15-8-7-12(11-17-15)13-5-3-4-6-14(13)19-2/h3-8,11H,9-10H2,1-2H3,(H,16,17). The largest absolute Gasteiger partial charge is 0.383 e. The Labute approximate surface area is 118 Å². The number of ether oxygens (including phenoxy) is 1. The van der Waals surface area contributed by atoms with Gasteiger partial charge in [-0.2, -0.15) is 0 Å². The smallest absolute Gasteiger partial charge is 0.125 e. The normalized spacial score (nSPS) is 10.4. The van der Waals surface area contributed by atoms with Crippen molar-refractivity contribution in [2.24, 2.45) is 0 Å². The van der Waals surface area contributed by atoms with Crippen LogP contribution in [0.15, 0.2) is 47.5 Å². The molecule has 0 atom stereocenters. The van der Waals surface area contributed by atoms with Gasteiger partial charge in [0.05, 0.1) is 6.61 Å². The predicted molar refractivity (Wildman–Crippen MR) is 81.8 cm³/mol. The second-order valence-electron chi connectivity index (χ2n) is 4.05. The van der Waals surface area contributed by atoms with E-state index in [1.165, 1.54) is 10.5 Å². The lowest BCUT2D eigenvalue weighted by Crippen LogP contribution is -2.08. The number of nitrogens with one attached hydrogen (secondary N) is 1. The van der Waals surface area contributed by atoms with Crippen molar-refractivity contribution in [3.8, 4) is 11.1 Å². The Hall–Kier alpha value is -1.52. The monoisotopic (exact) mass is 274 g/mol. The van der Waals surface area contributed by atoms with E-state index in [2.05, 4.69) is 46.9 Å². The van der Waals surface area contributed by atoms with E-state index in [0.717, 1.165) is 17.9 Å². The summed E-state index contributed by atoms with van der Waals surface area (Å²) < 4.78 is 4.99. The maximum atomic E-state index is 4.99. The van der Waals surface area contributed by atoms with Crippen LogP contribution in [-0.4, -0.2) is 31.5 Å². The van der Waals surface area contributed by atoms with Crippen LogP contribution in [0, 0.1) is 0 Å². The van der Waals surface area contributed by atoms with E-state index < -0.39 is 0 Å². The average Bonchev–Trinajstić information content (AvgIpc) is 2.48. The third-order valence-electron chi connectivity index (χ3n) is 2.79. The molecule has 2 aromatic rings. The Kier molecular flexibility index (Phi) is 5.24. The summed E-state index contributed by atoms with van der Waals surface area (Å²) in [6, 6.07) is 12.5. The van der Waals surface area contributed by atoms with E-state index in [-0.39, 0.29) is 0 Å². The van der Waals surface area contributed by atoms with Crippen LogP contribution in [0.1, 0.15) is 0 Å². The number of pyridine rings is 1. The number of anilines is 1. The van der Waals surface area contributed by atoms with Gasteiger partial charge >= 0.3 is 0 Å². The van der Waals surface area contributed by atoms with E-state index in [0.29, 0.717) is 6.61 Å². The van der Waals surface area contributed by atoms with Crippen LogP contribution < -0.4 is 5.32 Å². The van der Waals surface area contributed by atoms with E-state index in [1.807, 2.05) is 12.3 Å². The summed E-state index contributed by atoms with van der Waals surface area (Å²) >= 11 is 1.75. The lowest BCUT2D eigenvalue weighted by atomic mass is 10.1. The molecule has 0 radical (unpaired) electrons. The summed E-state index contributed by atoms with van der Waals surface area (Å²) in [6.07, 6.45) is 4.00. The van der Waals surface area contributed by atoms with Gasteiger partial charge in [-0.05, 0) is 30.0 Å². The maximum Gasteiger partial charge on any atom is 0.125 e. The second-order valence-corrected chi connectivity index (χ2v) is 4.90. The summed E-state index contributed by atoms with van der Waals surface area (Å²) in [4.78, 5) is 5.69. The molecule has 19 heavy (non-hydrogen) atoms. The van der Waals surface area contributed by atoms with Crippen molar-refractivity contribution in [3.05, 3.63) is 42.6 Å². The van der Waals surface area contributed by atoms with Gasteiger partial charge in [0.2, 0.25) is 0 Å². The summed E-state index contributed by atoms with van der Waals surface area (Å²) in [5.74, 6) is 0.877. The second kappa shape index (κ2) is 7.16. The van der Waals surface area contributed by atoms with Gasteiger partial charge in [0, 0.05) is 30.3 Å². The average molecular weight is 274 g/mol. The number of aromatic nitrogens is 1. The molecule has 1 heterocycles. The van der Waals surface area contributed by atoms with Crippen LogP contribution in [0.3, 0.4) is 0 Å². The molecule has 0 aliphatic heterocycles. The fraction of sp³-hybridized carbons (Fsp3) is 0.267. The summed E-state index contributed by atoms with van der Waals surface area (Å²) in [5.41, 5.74) is 2.37. The molecule has 2 rings (SSSR count). The zero-order valence-electron chi connectivity index (χ0n) is 11.2. The molecular formula is C15H18N2OS. The van der Waals surface area contributed by atoms with Crippen molar-refractivity contribution in [1.82, 2.24) is 4.98 Å². The minimum Gasteiger partial charge on any atom is -0.383 e. The van der Waals surface area contributed by atoms with E-state index in [1.54, 1.807) is 18.9 Å². The number of methoxy groups -OCH3 is 1.